The van der Waals surface area contributed by atoms with Crippen LogP contribution in [-0.4, -0.2) is 6.54 Å². The fourth-order valence-electron chi connectivity index (χ4n) is 2.21. The first kappa shape index (κ1) is 13.6. The van der Waals surface area contributed by atoms with Crippen LogP contribution in [0.1, 0.15) is 38.8 Å². The summed E-state index contributed by atoms with van der Waals surface area (Å²) in [7, 11) is 0. The highest BCUT2D eigenvalue weighted by Gasteiger charge is 2.44. The molecule has 17 heavy (non-hydrogen) atoms. The molecule has 0 bridgehead atoms. The molecule has 2 rings (SSSR count). The minimum atomic E-state index is 0.397. The monoisotopic (exact) mass is 359 g/mol. The minimum absolute atomic E-state index is 0.397. The summed E-state index contributed by atoms with van der Waals surface area (Å²) in [6.45, 7) is 8.04. The van der Waals surface area contributed by atoms with Gasteiger partial charge in [-0.15, -0.1) is 0 Å². The van der Waals surface area contributed by atoms with E-state index in [2.05, 4.69) is 76.1 Å². The SMILES string of the molecule is CC(NCC1CC1(C)C)c1ccc(Br)cc1Br. The van der Waals surface area contributed by atoms with Crippen LogP contribution in [-0.2, 0) is 0 Å². The van der Waals surface area contributed by atoms with Crippen LogP contribution >= 0.6 is 31.9 Å². The predicted molar refractivity (Wildman–Crippen MR) is 80.1 cm³/mol. The average Bonchev–Trinajstić information content (AvgIpc) is 2.83. The van der Waals surface area contributed by atoms with Gasteiger partial charge in [-0.05, 0) is 48.9 Å². The molecule has 3 heteroatoms. The molecule has 0 aromatic heterocycles. The van der Waals surface area contributed by atoms with Gasteiger partial charge in [0.05, 0.1) is 0 Å². The third-order valence-corrected chi connectivity index (χ3v) is 5.00. The molecule has 1 saturated carbocycles. The van der Waals surface area contributed by atoms with Gasteiger partial charge in [-0.1, -0.05) is 51.8 Å². The Kier molecular flexibility index (Phi) is 4.01. The van der Waals surface area contributed by atoms with E-state index in [0.717, 1.165) is 16.9 Å². The van der Waals surface area contributed by atoms with Gasteiger partial charge in [0.15, 0.2) is 0 Å². The van der Waals surface area contributed by atoms with Crippen LogP contribution in [0.15, 0.2) is 27.1 Å². The van der Waals surface area contributed by atoms with Gasteiger partial charge in [-0.2, -0.15) is 0 Å². The maximum atomic E-state index is 3.63. The molecule has 1 aliphatic carbocycles. The van der Waals surface area contributed by atoms with E-state index in [4.69, 9.17) is 0 Å². The highest BCUT2D eigenvalue weighted by atomic mass is 79.9. The van der Waals surface area contributed by atoms with Crippen LogP contribution < -0.4 is 5.32 Å². The molecule has 2 unspecified atom stereocenters. The van der Waals surface area contributed by atoms with Gasteiger partial charge in [0, 0.05) is 15.0 Å². The molecule has 1 nitrogen and oxygen atoms in total. The standard InChI is InChI=1S/C14H19Br2N/c1-9(17-8-10-7-14(10,2)3)12-5-4-11(15)6-13(12)16/h4-6,9-10,17H,7-8H2,1-3H3. The van der Waals surface area contributed by atoms with Crippen molar-refractivity contribution < 1.29 is 0 Å². The van der Waals surface area contributed by atoms with Crippen molar-refractivity contribution in [3.05, 3.63) is 32.7 Å². The van der Waals surface area contributed by atoms with Crippen molar-refractivity contribution in [1.82, 2.24) is 5.32 Å². The zero-order valence-corrected chi connectivity index (χ0v) is 13.7. The van der Waals surface area contributed by atoms with E-state index < -0.39 is 0 Å². The fraction of sp³-hybridized carbons (Fsp3) is 0.571. The lowest BCUT2D eigenvalue weighted by Gasteiger charge is -2.16. The van der Waals surface area contributed by atoms with Crippen molar-refractivity contribution in [2.24, 2.45) is 11.3 Å². The van der Waals surface area contributed by atoms with Gasteiger partial charge in [0.25, 0.3) is 0 Å². The molecule has 1 fully saturated rings. The summed E-state index contributed by atoms with van der Waals surface area (Å²) < 4.78 is 2.28. The molecule has 0 saturated heterocycles. The number of nitrogens with one attached hydrogen (secondary N) is 1. The van der Waals surface area contributed by atoms with E-state index in [1.165, 1.54) is 16.5 Å². The molecule has 0 aliphatic heterocycles. The predicted octanol–water partition coefficient (Wildman–Crippen LogP) is 4.91. The van der Waals surface area contributed by atoms with Crippen molar-refractivity contribution in [3.8, 4) is 0 Å². The van der Waals surface area contributed by atoms with Crippen LogP contribution in [0.4, 0.5) is 0 Å². The molecule has 1 N–H and O–H groups in total. The fourth-order valence-corrected chi connectivity index (χ4v) is 3.60. The summed E-state index contributed by atoms with van der Waals surface area (Å²) in [5, 5.41) is 3.63. The normalized spacial score (nSPS) is 23.5. The number of hydrogen-bond acceptors (Lipinski definition) is 1. The van der Waals surface area contributed by atoms with E-state index >= 15 is 0 Å². The number of benzene rings is 1. The lowest BCUT2D eigenvalue weighted by atomic mass is 10.1. The summed E-state index contributed by atoms with van der Waals surface area (Å²) in [5.74, 6) is 0.846. The van der Waals surface area contributed by atoms with Crippen LogP contribution in [0.5, 0.6) is 0 Å². The summed E-state index contributed by atoms with van der Waals surface area (Å²) >= 11 is 7.10. The minimum Gasteiger partial charge on any atom is -0.310 e. The van der Waals surface area contributed by atoms with Gasteiger partial charge in [-0.3, -0.25) is 0 Å². The highest BCUT2D eigenvalue weighted by Crippen LogP contribution is 2.51. The third kappa shape index (κ3) is 3.33. The van der Waals surface area contributed by atoms with Gasteiger partial charge >= 0.3 is 0 Å². The van der Waals surface area contributed by atoms with E-state index in [1.807, 2.05) is 0 Å². The summed E-state index contributed by atoms with van der Waals surface area (Å²) in [6.07, 6.45) is 1.36. The molecular weight excluding hydrogens is 342 g/mol. The van der Waals surface area contributed by atoms with E-state index in [-0.39, 0.29) is 0 Å². The Morgan fingerprint density at radius 3 is 2.59 bits per heavy atom. The largest absolute Gasteiger partial charge is 0.310 e. The second-order valence-electron chi connectivity index (χ2n) is 5.69. The Morgan fingerprint density at radius 1 is 1.41 bits per heavy atom. The molecule has 1 aromatic rings. The molecular formula is C14H19Br2N. The molecule has 1 aromatic carbocycles. The van der Waals surface area contributed by atoms with E-state index in [0.29, 0.717) is 11.5 Å². The molecule has 0 radical (unpaired) electrons. The topological polar surface area (TPSA) is 12.0 Å². The quantitative estimate of drug-likeness (QED) is 0.804. The first-order chi connectivity index (χ1) is 7.90. The van der Waals surface area contributed by atoms with Crippen LogP contribution in [0.25, 0.3) is 0 Å². The van der Waals surface area contributed by atoms with Gasteiger partial charge in [0.1, 0.15) is 0 Å². The Morgan fingerprint density at radius 2 is 2.06 bits per heavy atom. The van der Waals surface area contributed by atoms with Crippen molar-refractivity contribution in [2.75, 3.05) is 6.54 Å². The lowest BCUT2D eigenvalue weighted by molar-refractivity contribution is 0.484. The highest BCUT2D eigenvalue weighted by molar-refractivity contribution is 9.11. The summed E-state index contributed by atoms with van der Waals surface area (Å²) in [5.41, 5.74) is 1.88. The van der Waals surface area contributed by atoms with Crippen molar-refractivity contribution in [2.45, 2.75) is 33.2 Å². The maximum Gasteiger partial charge on any atom is 0.0303 e. The Labute approximate surface area is 121 Å². The second kappa shape index (κ2) is 5.02. The molecule has 2 atom stereocenters. The smallest absolute Gasteiger partial charge is 0.0303 e. The molecule has 0 spiro atoms. The first-order valence-electron chi connectivity index (χ1n) is 6.08. The average molecular weight is 361 g/mol. The zero-order valence-electron chi connectivity index (χ0n) is 10.6. The zero-order chi connectivity index (χ0) is 12.6. The van der Waals surface area contributed by atoms with Gasteiger partial charge < -0.3 is 5.32 Å². The number of rotatable bonds is 4. The molecule has 94 valence electrons. The van der Waals surface area contributed by atoms with Gasteiger partial charge in [-0.25, -0.2) is 0 Å². The van der Waals surface area contributed by atoms with Crippen molar-refractivity contribution >= 4 is 31.9 Å². The molecule has 1 aliphatic rings. The summed E-state index contributed by atoms with van der Waals surface area (Å²) in [4.78, 5) is 0. The summed E-state index contributed by atoms with van der Waals surface area (Å²) in [6, 6.07) is 6.77. The maximum absolute atomic E-state index is 3.63. The Balaban J connectivity index is 1.93. The second-order valence-corrected chi connectivity index (χ2v) is 7.46. The number of halogens is 2. The molecule has 0 amide bonds. The van der Waals surface area contributed by atoms with Crippen LogP contribution in [0.2, 0.25) is 0 Å². The Hall–Kier alpha value is 0.140. The van der Waals surface area contributed by atoms with Crippen LogP contribution in [0.3, 0.4) is 0 Å². The van der Waals surface area contributed by atoms with Crippen molar-refractivity contribution in [3.63, 3.8) is 0 Å². The van der Waals surface area contributed by atoms with E-state index in [9.17, 15) is 0 Å². The first-order valence-corrected chi connectivity index (χ1v) is 7.67. The van der Waals surface area contributed by atoms with Gasteiger partial charge in [0.2, 0.25) is 0 Å². The molecule has 0 heterocycles. The van der Waals surface area contributed by atoms with Crippen molar-refractivity contribution in [1.29, 1.82) is 0 Å². The lowest BCUT2D eigenvalue weighted by Crippen LogP contribution is -2.22. The van der Waals surface area contributed by atoms with Crippen LogP contribution in [0, 0.1) is 11.3 Å². The number of hydrogen-bond donors (Lipinski definition) is 1. The van der Waals surface area contributed by atoms with E-state index in [1.54, 1.807) is 0 Å². The Bertz CT molecular complexity index is 415. The third-order valence-electron chi connectivity index (χ3n) is 3.82.